The van der Waals surface area contributed by atoms with E-state index in [4.69, 9.17) is 16.7 Å². The van der Waals surface area contributed by atoms with E-state index < -0.39 is 52.3 Å². The van der Waals surface area contributed by atoms with Crippen molar-refractivity contribution in [3.8, 4) is 23.0 Å². The van der Waals surface area contributed by atoms with Crippen molar-refractivity contribution >= 4 is 40.5 Å². The van der Waals surface area contributed by atoms with Gasteiger partial charge in [0.05, 0.1) is 0 Å². The van der Waals surface area contributed by atoms with Gasteiger partial charge in [0.1, 0.15) is 42.6 Å². The lowest BCUT2D eigenvalue weighted by molar-refractivity contribution is 0.482. The lowest BCUT2D eigenvalue weighted by Crippen LogP contribution is -2.17. The van der Waals surface area contributed by atoms with Gasteiger partial charge in [0.15, 0.2) is 0 Å². The topological polar surface area (TPSA) is 173 Å². The van der Waals surface area contributed by atoms with Crippen LogP contribution in [0.15, 0.2) is 226 Å². The molecule has 346 valence electrons. The minimum absolute atomic E-state index is 0.0264. The molecule has 0 saturated carbocycles. The SMILES string of the molecule is Cc1cc(C(c2ccc(OS(=O)(=O)c3ccccc3)c(C)c2)C(c2ccc(OS(=O)(=O)c3ccccc3)cc2)c2ccc(OS(=O)(=O)c3ccccc3)cc2)ccc1OS(=O)(=O)c1ccccc1. The summed E-state index contributed by atoms with van der Waals surface area (Å²) >= 11 is 0. The van der Waals surface area contributed by atoms with Crippen LogP contribution in [0.5, 0.6) is 23.0 Å². The van der Waals surface area contributed by atoms with Gasteiger partial charge in [0.2, 0.25) is 0 Å². The molecule has 0 aliphatic heterocycles. The van der Waals surface area contributed by atoms with Crippen LogP contribution in [0.2, 0.25) is 0 Å². The quantitative estimate of drug-likeness (QED) is 0.0791. The van der Waals surface area contributed by atoms with Crippen molar-refractivity contribution < 1.29 is 50.4 Å². The second kappa shape index (κ2) is 19.5. The first kappa shape index (κ1) is 47.3. The minimum atomic E-state index is -4.21. The second-order valence-corrected chi connectivity index (χ2v) is 21.7. The molecule has 0 radical (unpaired) electrons. The molecule has 0 fully saturated rings. The molecular formula is C52H42O12S4. The number of rotatable bonds is 17. The van der Waals surface area contributed by atoms with Crippen molar-refractivity contribution in [1.29, 1.82) is 0 Å². The predicted octanol–water partition coefficient (Wildman–Crippen LogP) is 10.3. The maximum atomic E-state index is 13.3. The van der Waals surface area contributed by atoms with E-state index in [1.807, 2.05) is 0 Å². The summed E-state index contributed by atoms with van der Waals surface area (Å²) in [6.07, 6.45) is 0. The predicted molar refractivity (Wildman–Crippen MR) is 256 cm³/mol. The molecule has 8 aromatic rings. The molecule has 0 aliphatic carbocycles. The first-order chi connectivity index (χ1) is 32.5. The maximum absolute atomic E-state index is 13.3. The molecule has 0 unspecified atom stereocenters. The van der Waals surface area contributed by atoms with Gasteiger partial charge in [0, 0.05) is 11.8 Å². The van der Waals surface area contributed by atoms with Crippen molar-refractivity contribution in [2.75, 3.05) is 0 Å². The average Bonchev–Trinajstić information content (AvgIpc) is 3.34. The smallest absolute Gasteiger partial charge is 0.339 e. The van der Waals surface area contributed by atoms with E-state index in [-0.39, 0.29) is 42.6 Å². The molecule has 16 heteroatoms. The number of hydrogen-bond acceptors (Lipinski definition) is 12. The van der Waals surface area contributed by atoms with Gasteiger partial charge in [-0.1, -0.05) is 121 Å². The molecular weight excluding hydrogens is 945 g/mol. The van der Waals surface area contributed by atoms with E-state index in [1.54, 1.807) is 147 Å². The molecule has 0 bridgehead atoms. The van der Waals surface area contributed by atoms with Crippen molar-refractivity contribution in [2.45, 2.75) is 45.3 Å². The van der Waals surface area contributed by atoms with Crippen LogP contribution in [0.1, 0.15) is 45.2 Å². The molecule has 0 N–H and O–H groups in total. The fourth-order valence-corrected chi connectivity index (χ4v) is 11.5. The Morgan fingerprint density at radius 1 is 0.294 bits per heavy atom. The van der Waals surface area contributed by atoms with Crippen LogP contribution < -0.4 is 16.7 Å². The first-order valence-corrected chi connectivity index (χ1v) is 26.5. The van der Waals surface area contributed by atoms with Crippen molar-refractivity contribution in [3.63, 3.8) is 0 Å². The third-order valence-electron chi connectivity index (χ3n) is 10.9. The lowest BCUT2D eigenvalue weighted by atomic mass is 9.73. The summed E-state index contributed by atoms with van der Waals surface area (Å²) in [6, 6.07) is 54.0. The number of aryl methyl sites for hydroxylation is 2. The Kier molecular flexibility index (Phi) is 13.6. The molecule has 0 atom stereocenters. The summed E-state index contributed by atoms with van der Waals surface area (Å²) < 4.78 is 129. The normalized spacial score (nSPS) is 12.1. The van der Waals surface area contributed by atoms with Crippen LogP contribution in [0.4, 0.5) is 0 Å². The Balaban J connectivity index is 1.25. The van der Waals surface area contributed by atoms with Gasteiger partial charge < -0.3 is 16.7 Å². The summed E-state index contributed by atoms with van der Waals surface area (Å²) in [5, 5.41) is 0. The van der Waals surface area contributed by atoms with Gasteiger partial charge in [-0.05, 0) is 132 Å². The zero-order valence-electron chi connectivity index (χ0n) is 36.3. The summed E-state index contributed by atoms with van der Waals surface area (Å²) in [7, 11) is -16.8. The van der Waals surface area contributed by atoms with E-state index in [2.05, 4.69) is 0 Å². The Morgan fingerprint density at radius 2 is 0.544 bits per heavy atom. The molecule has 0 amide bonds. The minimum Gasteiger partial charge on any atom is -0.379 e. The fraction of sp³-hybridized carbons (Fsp3) is 0.0769. The van der Waals surface area contributed by atoms with Crippen LogP contribution in [0.3, 0.4) is 0 Å². The first-order valence-electron chi connectivity index (χ1n) is 20.9. The Labute approximate surface area is 396 Å². The summed E-state index contributed by atoms with van der Waals surface area (Å²) in [5.74, 6) is -1.07. The Hall–Kier alpha value is -7.24. The highest BCUT2D eigenvalue weighted by atomic mass is 32.2. The Morgan fingerprint density at radius 3 is 0.824 bits per heavy atom. The van der Waals surface area contributed by atoms with Gasteiger partial charge >= 0.3 is 40.5 Å². The van der Waals surface area contributed by atoms with E-state index in [1.165, 1.54) is 72.8 Å². The van der Waals surface area contributed by atoms with Crippen LogP contribution in [0, 0.1) is 13.8 Å². The van der Waals surface area contributed by atoms with E-state index in [0.29, 0.717) is 33.4 Å². The number of benzene rings is 8. The van der Waals surface area contributed by atoms with E-state index in [0.717, 1.165) is 0 Å². The highest BCUT2D eigenvalue weighted by Crippen LogP contribution is 2.46. The molecule has 0 heterocycles. The van der Waals surface area contributed by atoms with E-state index >= 15 is 0 Å². The van der Waals surface area contributed by atoms with E-state index in [9.17, 15) is 33.7 Å². The zero-order chi connectivity index (χ0) is 48.1. The standard InChI is InChI=1S/C52H42O12S4/c1-37-35-41(27-33-49(37)63-67(57,58)47-19-11-5-12-20-47)52(42-28-34-50(38(2)36-42)64-68(59,60)48-21-13-6-14-22-48)51(39-23-29-43(30-24-39)61-65(53,54)45-15-7-3-8-16-45)40-25-31-44(32-26-40)62-66(55,56)46-17-9-4-10-18-46/h3-36,51-52H,1-2H3. The second-order valence-electron chi connectivity index (χ2n) is 15.5. The molecule has 0 aromatic heterocycles. The Bertz CT molecular complexity index is 3270. The van der Waals surface area contributed by atoms with Gasteiger partial charge in [-0.3, -0.25) is 0 Å². The third-order valence-corrected chi connectivity index (χ3v) is 15.9. The molecule has 12 nitrogen and oxygen atoms in total. The van der Waals surface area contributed by atoms with Crippen molar-refractivity contribution in [3.05, 3.63) is 240 Å². The molecule has 0 spiro atoms. The van der Waals surface area contributed by atoms with Crippen molar-refractivity contribution in [1.82, 2.24) is 0 Å². The third kappa shape index (κ3) is 10.8. The fourth-order valence-electron chi connectivity index (χ4n) is 7.57. The van der Waals surface area contributed by atoms with Gasteiger partial charge in [0.25, 0.3) is 0 Å². The molecule has 8 aromatic carbocycles. The van der Waals surface area contributed by atoms with Crippen LogP contribution in [-0.4, -0.2) is 33.7 Å². The molecule has 0 saturated heterocycles. The highest BCUT2D eigenvalue weighted by Gasteiger charge is 2.31. The zero-order valence-corrected chi connectivity index (χ0v) is 39.6. The van der Waals surface area contributed by atoms with Gasteiger partial charge in [-0.15, -0.1) is 0 Å². The van der Waals surface area contributed by atoms with Crippen LogP contribution in [-0.2, 0) is 40.5 Å². The molecule has 68 heavy (non-hydrogen) atoms. The van der Waals surface area contributed by atoms with Crippen LogP contribution >= 0.6 is 0 Å². The summed E-state index contributed by atoms with van der Waals surface area (Å²) in [4.78, 5) is -0.113. The summed E-state index contributed by atoms with van der Waals surface area (Å²) in [6.45, 7) is 3.42. The highest BCUT2D eigenvalue weighted by molar-refractivity contribution is 7.88. The largest absolute Gasteiger partial charge is 0.379 e. The van der Waals surface area contributed by atoms with Crippen LogP contribution in [0.25, 0.3) is 0 Å². The van der Waals surface area contributed by atoms with Gasteiger partial charge in [-0.2, -0.15) is 33.7 Å². The van der Waals surface area contributed by atoms with Gasteiger partial charge in [-0.25, -0.2) is 0 Å². The molecule has 0 aliphatic rings. The lowest BCUT2D eigenvalue weighted by Gasteiger charge is -2.30. The molecule has 8 rings (SSSR count). The number of hydrogen-bond donors (Lipinski definition) is 0. The maximum Gasteiger partial charge on any atom is 0.339 e. The summed E-state index contributed by atoms with van der Waals surface area (Å²) in [5.41, 5.74) is 3.59. The van der Waals surface area contributed by atoms with Crippen molar-refractivity contribution in [2.24, 2.45) is 0 Å². The monoisotopic (exact) mass is 986 g/mol. The average molecular weight is 987 g/mol.